The Bertz CT molecular complexity index is 2580. The molecule has 15 N–H and O–H groups in total. The summed E-state index contributed by atoms with van der Waals surface area (Å²) in [7, 11) is 0. The molecule has 6 amide bonds. The molecule has 99 heavy (non-hydrogen) atoms. The van der Waals surface area contributed by atoms with Crippen molar-refractivity contribution < 1.29 is 136 Å². The number of Topliss-reactive ketones (excluding diaryl/α,β-unsaturated/α-hetero) is 4. The molecule has 0 bridgehead atoms. The number of aliphatic hydroxyl groups is 4. The smallest absolute Gasteiger partial charge is 0.338 e. The molecule has 0 aromatic rings. The van der Waals surface area contributed by atoms with E-state index in [0.29, 0.717) is 90.0 Å². The van der Waals surface area contributed by atoms with E-state index >= 15 is 0 Å². The molecule has 564 valence electrons. The van der Waals surface area contributed by atoms with Gasteiger partial charge in [-0.1, -0.05) is 12.8 Å². The normalized spacial score (nSPS) is 19.8. The number of aliphatic hydroxyl groups excluding tert-OH is 4. The summed E-state index contributed by atoms with van der Waals surface area (Å²) < 4.78 is 40.8. The van der Waals surface area contributed by atoms with E-state index in [1.165, 1.54) is 0 Å². The van der Waals surface area contributed by atoms with Gasteiger partial charge in [0.05, 0.1) is 57.8 Å². The second kappa shape index (κ2) is 50.3. The first-order valence-corrected chi connectivity index (χ1v) is 34.0. The SMILES string of the molecule is NC(=O)C(CCCCNC(=O)CCCCCCC(=O)NCC(=O)C[C@H]1C(C(O)[C@H](O)CO)O[C@@](CF)(C(=O)O)C[C@H]1O)NC(=O)COCCOCCCC(=O)COCCOCCCC(=O)C(CCC(=O)O)NC(=O)CCC(NC(=O)C1CCC(CCC(=O)CCCC(=O)O)CC1)C(=O)O. The highest BCUT2D eigenvalue weighted by atomic mass is 19.1. The summed E-state index contributed by atoms with van der Waals surface area (Å²) in [6, 6.07) is -3.54. The van der Waals surface area contributed by atoms with Crippen molar-refractivity contribution in [1.29, 1.82) is 0 Å². The number of aliphatic carboxylic acids is 4. The molecule has 0 spiro atoms. The lowest BCUT2D eigenvalue weighted by Crippen LogP contribution is -2.62. The number of amides is 6. The van der Waals surface area contributed by atoms with Gasteiger partial charge >= 0.3 is 23.9 Å². The number of alkyl halides is 1. The quantitative estimate of drug-likeness (QED) is 0.0351. The first-order valence-electron chi connectivity index (χ1n) is 34.0. The zero-order valence-electron chi connectivity index (χ0n) is 56.3. The molecule has 33 nitrogen and oxygen atoms in total. The largest absolute Gasteiger partial charge is 0.481 e. The Morgan fingerprint density at radius 3 is 1.73 bits per heavy atom. The Kier molecular flexibility index (Phi) is 44.7. The average molecular weight is 1420 g/mol. The van der Waals surface area contributed by atoms with Gasteiger partial charge < -0.3 is 96.9 Å². The number of carboxylic acid groups (broad SMARTS) is 4. The van der Waals surface area contributed by atoms with Crippen molar-refractivity contribution in [2.75, 3.05) is 79.2 Å². The Morgan fingerprint density at radius 2 is 1.13 bits per heavy atom. The third-order valence-electron chi connectivity index (χ3n) is 17.0. The highest BCUT2D eigenvalue weighted by Crippen LogP contribution is 2.38. The number of carboxylic acids is 4. The maximum Gasteiger partial charge on any atom is 0.338 e. The lowest BCUT2D eigenvalue weighted by atomic mass is 9.77. The summed E-state index contributed by atoms with van der Waals surface area (Å²) in [5, 5.41) is 90.5. The fourth-order valence-electron chi connectivity index (χ4n) is 11.2. The lowest BCUT2D eigenvalue weighted by molar-refractivity contribution is -0.243. The average Bonchev–Trinajstić information content (AvgIpc) is 0.772. The van der Waals surface area contributed by atoms with Crippen LogP contribution in [0.25, 0.3) is 0 Å². The zero-order chi connectivity index (χ0) is 73.7. The maximum atomic E-state index is 13.8. The van der Waals surface area contributed by atoms with Gasteiger partial charge in [-0.3, -0.25) is 57.5 Å². The van der Waals surface area contributed by atoms with Crippen LogP contribution in [0.1, 0.15) is 180 Å². The van der Waals surface area contributed by atoms with Crippen molar-refractivity contribution >= 4 is 82.5 Å². The summed E-state index contributed by atoms with van der Waals surface area (Å²) in [6.07, 6.45) is -1.87. The topological polar surface area (TPSA) is 533 Å². The molecular weight excluding hydrogens is 1320 g/mol. The summed E-state index contributed by atoms with van der Waals surface area (Å²) >= 11 is 0. The summed E-state index contributed by atoms with van der Waals surface area (Å²) in [5.74, 6) is -11.3. The molecule has 1 saturated carbocycles. The number of nitrogens with two attached hydrogens (primary N) is 1. The summed E-state index contributed by atoms with van der Waals surface area (Å²) in [4.78, 5) is 171. The monoisotopic (exact) mass is 1420 g/mol. The first kappa shape index (κ1) is 88.0. The second-order valence-corrected chi connectivity index (χ2v) is 25.1. The molecule has 1 aliphatic heterocycles. The third kappa shape index (κ3) is 38.4. The molecule has 0 radical (unpaired) electrons. The molecule has 1 aliphatic carbocycles. The molecule has 5 unspecified atom stereocenters. The molecule has 2 rings (SSSR count). The van der Waals surface area contributed by atoms with Crippen molar-refractivity contribution in [1.82, 2.24) is 26.6 Å². The van der Waals surface area contributed by atoms with Crippen LogP contribution in [0.5, 0.6) is 0 Å². The highest BCUT2D eigenvalue weighted by Gasteiger charge is 2.54. The van der Waals surface area contributed by atoms with Gasteiger partial charge in [0, 0.05) is 102 Å². The number of ketones is 4. The predicted octanol–water partition coefficient (Wildman–Crippen LogP) is -0.193. The Hall–Kier alpha value is -7.05. The summed E-state index contributed by atoms with van der Waals surface area (Å²) in [5.41, 5.74) is 2.93. The van der Waals surface area contributed by atoms with Crippen LogP contribution in [0.15, 0.2) is 0 Å². The molecule has 0 aromatic carbocycles. The number of hydrogen-bond acceptors (Lipinski definition) is 23. The predicted molar refractivity (Wildman–Crippen MR) is 343 cm³/mol. The second-order valence-electron chi connectivity index (χ2n) is 25.1. The first-order chi connectivity index (χ1) is 47.1. The lowest BCUT2D eigenvalue weighted by Gasteiger charge is -2.46. The van der Waals surface area contributed by atoms with Crippen LogP contribution in [0.2, 0.25) is 0 Å². The Labute approximate surface area is 574 Å². The van der Waals surface area contributed by atoms with E-state index in [2.05, 4.69) is 26.6 Å². The minimum Gasteiger partial charge on any atom is -0.481 e. The molecule has 9 atom stereocenters. The third-order valence-corrected chi connectivity index (χ3v) is 17.0. The molecule has 1 heterocycles. The van der Waals surface area contributed by atoms with Crippen molar-refractivity contribution in [3.05, 3.63) is 0 Å². The minimum absolute atomic E-state index is 0.00807. The van der Waals surface area contributed by atoms with E-state index in [0.717, 1.165) is 0 Å². The van der Waals surface area contributed by atoms with E-state index in [-0.39, 0.29) is 153 Å². The Balaban J connectivity index is 1.50. The van der Waals surface area contributed by atoms with E-state index in [1.807, 2.05) is 0 Å². The van der Waals surface area contributed by atoms with Crippen LogP contribution in [0, 0.1) is 17.8 Å². The van der Waals surface area contributed by atoms with Crippen LogP contribution >= 0.6 is 0 Å². The van der Waals surface area contributed by atoms with Gasteiger partial charge in [-0.2, -0.15) is 0 Å². The number of rotatable bonds is 59. The van der Waals surface area contributed by atoms with Gasteiger partial charge in [0.1, 0.15) is 50.0 Å². The molecule has 0 aromatic heterocycles. The van der Waals surface area contributed by atoms with Crippen LogP contribution in [-0.2, 0) is 90.8 Å². The number of primary amides is 1. The highest BCUT2D eigenvalue weighted by molar-refractivity contribution is 5.91. The Morgan fingerprint density at radius 1 is 0.545 bits per heavy atom. The molecule has 2 aliphatic rings. The number of ether oxygens (including phenoxy) is 5. The number of carbonyl (C=O) groups excluding carboxylic acids is 10. The van der Waals surface area contributed by atoms with Gasteiger partial charge in [0.25, 0.3) is 0 Å². The number of unbranched alkanes of at least 4 members (excludes halogenated alkanes) is 4. The van der Waals surface area contributed by atoms with Gasteiger partial charge in [-0.05, 0) is 102 Å². The molecule has 2 fully saturated rings. The van der Waals surface area contributed by atoms with E-state index < -0.39 is 164 Å². The number of hydrogen-bond donors (Lipinski definition) is 14. The van der Waals surface area contributed by atoms with Crippen LogP contribution in [-0.4, -0.2) is 251 Å². The molecular formula is C65H105FN6O27. The fraction of sp³-hybridized carbons (Fsp3) is 0.785. The van der Waals surface area contributed by atoms with Crippen LogP contribution in [0.4, 0.5) is 4.39 Å². The van der Waals surface area contributed by atoms with Crippen molar-refractivity contribution in [3.8, 4) is 0 Å². The van der Waals surface area contributed by atoms with Gasteiger partial charge in [-0.25, -0.2) is 14.0 Å². The van der Waals surface area contributed by atoms with E-state index in [1.54, 1.807) is 0 Å². The van der Waals surface area contributed by atoms with Crippen molar-refractivity contribution in [2.45, 2.75) is 228 Å². The maximum absolute atomic E-state index is 13.8. The van der Waals surface area contributed by atoms with Gasteiger partial charge in [0.15, 0.2) is 23.0 Å². The standard InChI is InChI=1S/C65H105FN6O27/c66-40-65(64(93)94)35-51(78)46(60(99-65)59(88)52(79)37-73)34-45(76)36-69-54(81)15-4-2-1-3-14-53(80)68-27-6-5-12-48(61(67)89)71-56(83)39-98-33-31-95-28-8-11-44(75)38-97-32-30-96-29-9-13-50(77)47(24-26-58(86)87)70-55(82)25-23-49(63(91)92)72-62(90)42-20-17-41(18-21-42)19-22-43(74)10-7-16-57(84)85/h41-42,46-49,51-52,59-60,73,78-79,88H,1-40H2,(H2,67,89)(H,68,80)(H,69,81)(H,70,82)(H,71,83)(H,72,90)(H,84,85)(H,86,87)(H,91,92)(H,93,94)/t41?,42?,46-,47?,48?,49?,51-,52-,59?,60?,65+/m1/s1. The molecule has 1 saturated heterocycles. The number of nitrogens with one attached hydrogen (secondary N) is 5. The fourth-order valence-corrected chi connectivity index (χ4v) is 11.2. The summed E-state index contributed by atoms with van der Waals surface area (Å²) in [6.45, 7) is -2.64. The van der Waals surface area contributed by atoms with Gasteiger partial charge in [-0.15, -0.1) is 0 Å². The van der Waals surface area contributed by atoms with Crippen LogP contribution in [0.3, 0.4) is 0 Å². The van der Waals surface area contributed by atoms with Crippen molar-refractivity contribution in [2.24, 2.45) is 23.5 Å². The zero-order valence-corrected chi connectivity index (χ0v) is 56.3. The minimum atomic E-state index is -2.55. The van der Waals surface area contributed by atoms with Gasteiger partial charge in [0.2, 0.25) is 35.4 Å². The number of carbonyl (C=O) groups is 14. The van der Waals surface area contributed by atoms with E-state index in [4.69, 9.17) is 34.5 Å². The number of halogens is 1. The molecule has 34 heteroatoms. The van der Waals surface area contributed by atoms with Crippen LogP contribution < -0.4 is 32.3 Å². The van der Waals surface area contributed by atoms with Crippen molar-refractivity contribution in [3.63, 3.8) is 0 Å². The van der Waals surface area contributed by atoms with E-state index in [9.17, 15) is 107 Å².